The van der Waals surface area contributed by atoms with Gasteiger partial charge in [-0.15, -0.1) is 11.3 Å². The SMILES string of the molecule is COc1ccc(OC)c(NC(=O)N2CC(C)C(c3ccc(C)cc3)(c3nccs3)C2)c1. The highest BCUT2D eigenvalue weighted by Crippen LogP contribution is 2.45. The lowest BCUT2D eigenvalue weighted by Crippen LogP contribution is -2.38. The fraction of sp³-hybridized carbons (Fsp3) is 0.333. The second kappa shape index (κ2) is 8.59. The van der Waals surface area contributed by atoms with Gasteiger partial charge in [0.25, 0.3) is 0 Å². The summed E-state index contributed by atoms with van der Waals surface area (Å²) in [5.74, 6) is 1.45. The quantitative estimate of drug-likeness (QED) is 0.614. The predicted molar refractivity (Wildman–Crippen MR) is 123 cm³/mol. The molecule has 3 aromatic rings. The summed E-state index contributed by atoms with van der Waals surface area (Å²) in [6.07, 6.45) is 1.84. The van der Waals surface area contributed by atoms with Gasteiger partial charge in [0.1, 0.15) is 16.5 Å². The number of ether oxygens (including phenoxy) is 2. The molecule has 0 radical (unpaired) electrons. The van der Waals surface area contributed by atoms with E-state index in [1.165, 1.54) is 11.1 Å². The molecule has 1 aliphatic heterocycles. The van der Waals surface area contributed by atoms with Crippen molar-refractivity contribution in [1.82, 2.24) is 9.88 Å². The third kappa shape index (κ3) is 3.85. The molecule has 2 atom stereocenters. The summed E-state index contributed by atoms with van der Waals surface area (Å²) in [7, 11) is 3.18. The summed E-state index contributed by atoms with van der Waals surface area (Å²) < 4.78 is 10.7. The van der Waals surface area contributed by atoms with Gasteiger partial charge in [-0.3, -0.25) is 0 Å². The van der Waals surface area contributed by atoms with E-state index in [4.69, 9.17) is 9.47 Å². The van der Waals surface area contributed by atoms with E-state index in [-0.39, 0.29) is 17.4 Å². The van der Waals surface area contributed by atoms with Crippen molar-refractivity contribution in [2.24, 2.45) is 5.92 Å². The van der Waals surface area contributed by atoms with Crippen molar-refractivity contribution in [2.45, 2.75) is 19.3 Å². The van der Waals surface area contributed by atoms with Crippen LogP contribution in [-0.4, -0.2) is 43.2 Å². The van der Waals surface area contributed by atoms with E-state index >= 15 is 0 Å². The number of rotatable bonds is 5. The molecule has 1 N–H and O–H groups in total. The van der Waals surface area contributed by atoms with Gasteiger partial charge < -0.3 is 19.7 Å². The van der Waals surface area contributed by atoms with E-state index in [0.717, 1.165) is 5.01 Å². The summed E-state index contributed by atoms with van der Waals surface area (Å²) in [4.78, 5) is 19.8. The monoisotopic (exact) mass is 437 g/mol. The Bertz CT molecular complexity index is 1050. The minimum absolute atomic E-state index is 0.163. The van der Waals surface area contributed by atoms with Crippen LogP contribution in [0.3, 0.4) is 0 Å². The molecule has 162 valence electrons. The Kier molecular flexibility index (Phi) is 5.87. The van der Waals surface area contributed by atoms with E-state index in [9.17, 15) is 4.79 Å². The lowest BCUT2D eigenvalue weighted by Gasteiger charge is -2.31. The molecular formula is C24H27N3O3S. The largest absolute Gasteiger partial charge is 0.497 e. The van der Waals surface area contributed by atoms with E-state index in [1.54, 1.807) is 43.8 Å². The number of anilines is 1. The van der Waals surface area contributed by atoms with Crippen molar-refractivity contribution in [1.29, 1.82) is 0 Å². The van der Waals surface area contributed by atoms with Gasteiger partial charge >= 0.3 is 6.03 Å². The second-order valence-corrected chi connectivity index (χ2v) is 8.85. The zero-order valence-electron chi connectivity index (χ0n) is 18.2. The molecule has 2 heterocycles. The van der Waals surface area contributed by atoms with Crippen LogP contribution in [0, 0.1) is 12.8 Å². The molecule has 6 nitrogen and oxygen atoms in total. The zero-order chi connectivity index (χ0) is 22.0. The first-order valence-corrected chi connectivity index (χ1v) is 11.1. The van der Waals surface area contributed by atoms with Crippen LogP contribution in [-0.2, 0) is 5.41 Å². The highest BCUT2D eigenvalue weighted by molar-refractivity contribution is 7.09. The van der Waals surface area contributed by atoms with Crippen molar-refractivity contribution in [3.63, 3.8) is 0 Å². The van der Waals surface area contributed by atoms with Crippen molar-refractivity contribution in [3.8, 4) is 11.5 Å². The number of urea groups is 1. The molecule has 1 aromatic heterocycles. The predicted octanol–water partition coefficient (Wildman–Crippen LogP) is 4.94. The minimum Gasteiger partial charge on any atom is -0.497 e. The number of methoxy groups -OCH3 is 2. The lowest BCUT2D eigenvalue weighted by atomic mass is 9.73. The topological polar surface area (TPSA) is 63.7 Å². The van der Waals surface area contributed by atoms with Gasteiger partial charge in [-0.25, -0.2) is 9.78 Å². The summed E-state index contributed by atoms with van der Waals surface area (Å²) >= 11 is 1.64. The third-order valence-electron chi connectivity index (χ3n) is 6.09. The van der Waals surface area contributed by atoms with Crippen LogP contribution in [0.4, 0.5) is 10.5 Å². The Balaban J connectivity index is 1.65. The van der Waals surface area contributed by atoms with Crippen molar-refractivity contribution >= 4 is 23.1 Å². The summed E-state index contributed by atoms with van der Waals surface area (Å²) in [6, 6.07) is 13.8. The molecule has 0 saturated carbocycles. The van der Waals surface area contributed by atoms with Gasteiger partial charge in [-0.05, 0) is 30.5 Å². The molecule has 7 heteroatoms. The molecule has 1 saturated heterocycles. The Labute approximate surface area is 186 Å². The average molecular weight is 438 g/mol. The molecule has 2 aromatic carbocycles. The Morgan fingerprint density at radius 2 is 1.97 bits per heavy atom. The summed E-state index contributed by atoms with van der Waals surface area (Å²) in [6.45, 7) is 5.47. The van der Waals surface area contributed by atoms with Crippen molar-refractivity contribution in [2.75, 3.05) is 32.6 Å². The average Bonchev–Trinajstić information content (AvgIpc) is 3.43. The number of nitrogens with one attached hydrogen (secondary N) is 1. The van der Waals surface area contributed by atoms with Crippen LogP contribution < -0.4 is 14.8 Å². The highest BCUT2D eigenvalue weighted by Gasteiger charge is 2.50. The van der Waals surface area contributed by atoms with E-state index in [0.29, 0.717) is 30.3 Å². The molecule has 2 amide bonds. The maximum Gasteiger partial charge on any atom is 0.322 e. The van der Waals surface area contributed by atoms with E-state index < -0.39 is 0 Å². The number of hydrogen-bond acceptors (Lipinski definition) is 5. The standard InChI is InChI=1S/C24H27N3O3S/c1-16-5-7-18(8-6-16)24(22-25-11-12-31-22)15-27(14-17(24)2)23(28)26-20-13-19(29-3)9-10-21(20)30-4/h5-13,17H,14-15H2,1-4H3,(H,26,28). The Morgan fingerprint density at radius 1 is 1.19 bits per heavy atom. The minimum atomic E-state index is -0.336. The number of carbonyl (C=O) groups excluding carboxylic acids is 1. The first kappa shape index (κ1) is 21.2. The molecular weight excluding hydrogens is 410 g/mol. The van der Waals surface area contributed by atoms with Gasteiger partial charge in [0.2, 0.25) is 0 Å². The number of amides is 2. The Hall–Kier alpha value is -3.06. The smallest absolute Gasteiger partial charge is 0.322 e. The normalized spacial score (nSPS) is 20.5. The molecule has 4 rings (SSSR count). The van der Waals surface area contributed by atoms with Gasteiger partial charge in [0, 0.05) is 30.7 Å². The number of aryl methyl sites for hydroxylation is 1. The Morgan fingerprint density at radius 3 is 2.61 bits per heavy atom. The molecule has 1 fully saturated rings. The zero-order valence-corrected chi connectivity index (χ0v) is 19.0. The van der Waals surface area contributed by atoms with E-state index in [1.807, 2.05) is 16.5 Å². The molecule has 1 aliphatic rings. The maximum absolute atomic E-state index is 13.3. The van der Waals surface area contributed by atoms with Crippen LogP contribution in [0.15, 0.2) is 54.0 Å². The van der Waals surface area contributed by atoms with Crippen molar-refractivity contribution < 1.29 is 14.3 Å². The van der Waals surface area contributed by atoms with Gasteiger partial charge in [0.15, 0.2) is 0 Å². The number of hydrogen-bond donors (Lipinski definition) is 1. The van der Waals surface area contributed by atoms with Gasteiger partial charge in [-0.1, -0.05) is 36.8 Å². The van der Waals surface area contributed by atoms with Gasteiger partial charge in [-0.2, -0.15) is 0 Å². The number of thiazole rings is 1. The number of nitrogens with zero attached hydrogens (tertiary/aromatic N) is 2. The maximum atomic E-state index is 13.3. The van der Waals surface area contributed by atoms with Crippen LogP contribution in [0.25, 0.3) is 0 Å². The van der Waals surface area contributed by atoms with E-state index in [2.05, 4.69) is 48.4 Å². The number of benzene rings is 2. The number of aromatic nitrogens is 1. The summed E-state index contributed by atoms with van der Waals surface area (Å²) in [5.41, 5.74) is 2.65. The highest BCUT2D eigenvalue weighted by atomic mass is 32.1. The first-order chi connectivity index (χ1) is 15.0. The summed E-state index contributed by atoms with van der Waals surface area (Å²) in [5, 5.41) is 6.05. The molecule has 0 aliphatic carbocycles. The van der Waals surface area contributed by atoms with Crippen molar-refractivity contribution in [3.05, 3.63) is 70.2 Å². The fourth-order valence-corrected chi connectivity index (χ4v) is 5.31. The number of carbonyl (C=O) groups is 1. The molecule has 0 spiro atoms. The van der Waals surface area contributed by atoms with Crippen LogP contribution >= 0.6 is 11.3 Å². The van der Waals surface area contributed by atoms with Crippen LogP contribution in [0.5, 0.6) is 11.5 Å². The van der Waals surface area contributed by atoms with Crippen LogP contribution in [0.2, 0.25) is 0 Å². The molecule has 31 heavy (non-hydrogen) atoms. The number of likely N-dealkylation sites (tertiary alicyclic amines) is 1. The lowest BCUT2D eigenvalue weighted by molar-refractivity contribution is 0.220. The van der Waals surface area contributed by atoms with Crippen LogP contribution in [0.1, 0.15) is 23.1 Å². The second-order valence-electron chi connectivity index (χ2n) is 7.95. The third-order valence-corrected chi connectivity index (χ3v) is 7.04. The van der Waals surface area contributed by atoms with Gasteiger partial charge in [0.05, 0.1) is 25.3 Å². The molecule has 2 unspecified atom stereocenters. The molecule has 0 bridgehead atoms. The fourth-order valence-electron chi connectivity index (χ4n) is 4.34. The first-order valence-electron chi connectivity index (χ1n) is 10.2.